The largest absolute Gasteiger partial charge is 0.324 e. The van der Waals surface area contributed by atoms with Gasteiger partial charge in [0, 0.05) is 17.1 Å². The highest BCUT2D eigenvalue weighted by Gasteiger charge is 2.35. The van der Waals surface area contributed by atoms with Crippen molar-refractivity contribution in [2.45, 2.75) is 92.5 Å². The van der Waals surface area contributed by atoms with Crippen LogP contribution in [0, 0.1) is 0 Å². The van der Waals surface area contributed by atoms with Gasteiger partial charge in [0.1, 0.15) is 18.9 Å². The molecular weight excluding hydrogens is 452 g/mol. The number of aromatic nitrogens is 2. The van der Waals surface area contributed by atoms with Gasteiger partial charge < -0.3 is 9.80 Å². The maximum atomic E-state index is 2.63. The molecule has 2 aromatic carbocycles. The van der Waals surface area contributed by atoms with Crippen LogP contribution in [0.15, 0.2) is 66.5 Å². The summed E-state index contributed by atoms with van der Waals surface area (Å²) < 4.78 is 4.43. The van der Waals surface area contributed by atoms with Gasteiger partial charge in [-0.25, -0.2) is 9.13 Å². The van der Waals surface area contributed by atoms with Crippen molar-refractivity contribution in [2.75, 3.05) is 16.5 Å². The number of benzene rings is 2. The molecule has 0 aliphatic carbocycles. The average Bonchev–Trinajstić information content (AvgIpc) is 3.40. The topological polar surface area (TPSA) is 15.3 Å². The first-order valence-electron chi connectivity index (χ1n) is 14.0. The van der Waals surface area contributed by atoms with Crippen LogP contribution in [0.25, 0.3) is 0 Å². The van der Waals surface area contributed by atoms with Crippen LogP contribution in [0.4, 0.5) is 11.4 Å². The van der Waals surface area contributed by atoms with Gasteiger partial charge >= 0.3 is 0 Å². The van der Waals surface area contributed by atoms with Crippen LogP contribution >= 0.6 is 0 Å². The molecule has 1 aromatic heterocycles. The smallest absolute Gasteiger partial charge is 0.243 e. The molecule has 4 rings (SSSR count). The van der Waals surface area contributed by atoms with E-state index in [1.165, 1.54) is 45.0 Å². The second kappa shape index (κ2) is 10.8. The summed E-state index contributed by atoms with van der Waals surface area (Å²) in [6.45, 7) is 22.6. The molecular formula is C33H47N4+. The Kier molecular flexibility index (Phi) is 7.87. The van der Waals surface area contributed by atoms with Gasteiger partial charge in [-0.15, -0.1) is 0 Å². The van der Waals surface area contributed by atoms with E-state index in [0.717, 1.165) is 13.2 Å². The predicted octanol–water partition coefficient (Wildman–Crippen LogP) is 8.02. The molecule has 2 heterocycles. The van der Waals surface area contributed by atoms with E-state index >= 15 is 0 Å². The average molecular weight is 500 g/mol. The van der Waals surface area contributed by atoms with Crippen molar-refractivity contribution in [1.82, 2.24) is 4.57 Å². The Morgan fingerprint density at radius 1 is 0.703 bits per heavy atom. The molecule has 0 fully saturated rings. The monoisotopic (exact) mass is 499 g/mol. The number of rotatable bonds is 8. The van der Waals surface area contributed by atoms with Gasteiger partial charge in [0.05, 0.1) is 19.4 Å². The molecule has 0 atom stereocenters. The first-order chi connectivity index (χ1) is 17.5. The van der Waals surface area contributed by atoms with Crippen molar-refractivity contribution in [1.29, 1.82) is 0 Å². The number of allylic oxidation sites excluding steroid dienone is 2. The van der Waals surface area contributed by atoms with E-state index in [9.17, 15) is 0 Å². The lowest BCUT2D eigenvalue weighted by Crippen LogP contribution is -2.31. The Hall–Kier alpha value is -3.01. The van der Waals surface area contributed by atoms with E-state index in [4.69, 9.17) is 0 Å². The Morgan fingerprint density at radius 3 is 1.51 bits per heavy atom. The molecule has 1 aliphatic rings. The van der Waals surface area contributed by atoms with Crippen LogP contribution in [-0.2, 0) is 13.6 Å². The molecule has 0 amide bonds. The highest BCUT2D eigenvalue weighted by molar-refractivity contribution is 5.74. The maximum absolute atomic E-state index is 2.63. The highest BCUT2D eigenvalue weighted by atomic mass is 15.4. The van der Waals surface area contributed by atoms with Crippen LogP contribution in [0.5, 0.6) is 0 Å². The molecule has 0 bridgehead atoms. The normalized spacial score (nSPS) is 14.4. The molecule has 4 heteroatoms. The molecule has 0 unspecified atom stereocenters. The molecule has 4 nitrogen and oxygen atoms in total. The van der Waals surface area contributed by atoms with Gasteiger partial charge in [0.25, 0.3) is 0 Å². The van der Waals surface area contributed by atoms with Gasteiger partial charge in [0.2, 0.25) is 6.33 Å². The summed E-state index contributed by atoms with van der Waals surface area (Å²) in [5.74, 6) is 1.80. The number of hydrogen-bond acceptors (Lipinski definition) is 2. The summed E-state index contributed by atoms with van der Waals surface area (Å²) in [6, 6.07) is 13.8. The first kappa shape index (κ1) is 27.0. The second-order valence-corrected chi connectivity index (χ2v) is 12.0. The minimum absolute atomic E-state index is 0.447. The van der Waals surface area contributed by atoms with E-state index in [-0.39, 0.29) is 0 Å². The zero-order valence-corrected chi connectivity index (χ0v) is 24.7. The summed E-state index contributed by atoms with van der Waals surface area (Å²) >= 11 is 0. The second-order valence-electron chi connectivity index (χ2n) is 12.0. The number of nitrogens with zero attached hydrogens (tertiary/aromatic N) is 4. The molecule has 3 aromatic rings. The van der Waals surface area contributed by atoms with Crippen molar-refractivity contribution in [3.63, 3.8) is 0 Å². The minimum atomic E-state index is 0.447. The molecule has 0 N–H and O–H groups in total. The minimum Gasteiger partial charge on any atom is -0.324 e. The summed E-state index contributed by atoms with van der Waals surface area (Å²) in [5.41, 5.74) is 11.2. The number of para-hydroxylation sites is 2. The predicted molar refractivity (Wildman–Crippen MR) is 157 cm³/mol. The van der Waals surface area contributed by atoms with Crippen molar-refractivity contribution in [3.05, 3.63) is 88.8 Å². The van der Waals surface area contributed by atoms with Gasteiger partial charge in [0.15, 0.2) is 0 Å². The number of hydrogen-bond donors (Lipinski definition) is 0. The summed E-state index contributed by atoms with van der Waals surface area (Å²) in [7, 11) is 2.09. The highest BCUT2D eigenvalue weighted by Crippen LogP contribution is 2.45. The zero-order chi connectivity index (χ0) is 27.0. The fourth-order valence-corrected chi connectivity index (χ4v) is 5.74. The molecule has 0 saturated carbocycles. The Morgan fingerprint density at radius 2 is 1.14 bits per heavy atom. The molecule has 1 aliphatic heterocycles. The number of aryl methyl sites for hydroxylation is 1. The van der Waals surface area contributed by atoms with Crippen LogP contribution in [0.3, 0.4) is 0 Å². The molecule has 37 heavy (non-hydrogen) atoms. The Balaban J connectivity index is 1.96. The third-order valence-corrected chi connectivity index (χ3v) is 7.81. The van der Waals surface area contributed by atoms with E-state index < -0.39 is 0 Å². The maximum Gasteiger partial charge on any atom is 0.243 e. The third kappa shape index (κ3) is 5.21. The van der Waals surface area contributed by atoms with E-state index in [0.29, 0.717) is 23.7 Å². The molecule has 0 saturated heterocycles. The standard InChI is InChI=1S/C33H47N4/c1-22(2)27-13-11-14-28(23(3)4)32(27)36-21-37(31(26(36)9)19-35-18-17-34(10)20-35)33-29(24(5)6)15-12-16-30(33)25(7)8/h11-18,20,22-25H,19,21H2,1-10H3/q+1. The van der Waals surface area contributed by atoms with Crippen molar-refractivity contribution in [3.8, 4) is 0 Å². The van der Waals surface area contributed by atoms with Gasteiger partial charge in [-0.3, -0.25) is 0 Å². The SMILES string of the molecule is CC1=C(Cn2cc[n+](C)c2)N(c2c(C(C)C)cccc2C(C)C)CN1c1c(C(C)C)cccc1C(C)C. The van der Waals surface area contributed by atoms with Gasteiger partial charge in [-0.2, -0.15) is 0 Å². The fourth-order valence-electron chi connectivity index (χ4n) is 5.74. The summed E-state index contributed by atoms with van der Waals surface area (Å²) in [5, 5.41) is 0. The van der Waals surface area contributed by atoms with Crippen molar-refractivity contribution in [2.24, 2.45) is 7.05 Å². The zero-order valence-electron chi connectivity index (χ0n) is 24.7. The number of imidazole rings is 1. The molecule has 0 spiro atoms. The Bertz CT molecular complexity index is 1220. The molecule has 198 valence electrons. The van der Waals surface area contributed by atoms with Gasteiger partial charge in [-0.1, -0.05) is 91.8 Å². The van der Waals surface area contributed by atoms with Crippen LogP contribution in [-0.4, -0.2) is 11.2 Å². The van der Waals surface area contributed by atoms with Crippen LogP contribution in [0.1, 0.15) is 108 Å². The summed E-state index contributed by atoms with van der Waals surface area (Å²) in [4.78, 5) is 5.23. The first-order valence-corrected chi connectivity index (χ1v) is 14.0. The summed E-state index contributed by atoms with van der Waals surface area (Å²) in [6.07, 6.45) is 6.49. The fraction of sp³-hybridized carbons (Fsp3) is 0.485. The third-order valence-electron chi connectivity index (χ3n) is 7.81. The lowest BCUT2D eigenvalue weighted by molar-refractivity contribution is -0.671. The lowest BCUT2D eigenvalue weighted by atomic mass is 9.91. The number of anilines is 2. The van der Waals surface area contributed by atoms with Gasteiger partial charge in [-0.05, 0) is 52.8 Å². The van der Waals surface area contributed by atoms with E-state index in [1.54, 1.807) is 0 Å². The Labute approximate surface area is 225 Å². The van der Waals surface area contributed by atoms with E-state index in [2.05, 4.69) is 143 Å². The van der Waals surface area contributed by atoms with Crippen LogP contribution < -0.4 is 14.4 Å². The van der Waals surface area contributed by atoms with E-state index in [1.807, 2.05) is 0 Å². The van der Waals surface area contributed by atoms with Crippen molar-refractivity contribution < 1.29 is 4.57 Å². The lowest BCUT2D eigenvalue weighted by Gasteiger charge is -2.32. The molecule has 0 radical (unpaired) electrons. The van der Waals surface area contributed by atoms with Crippen LogP contribution in [0.2, 0.25) is 0 Å². The quantitative estimate of drug-likeness (QED) is 0.292. The van der Waals surface area contributed by atoms with Crippen molar-refractivity contribution >= 4 is 11.4 Å².